The van der Waals surface area contributed by atoms with Gasteiger partial charge in [-0.25, -0.2) is 0 Å². The van der Waals surface area contributed by atoms with E-state index in [4.69, 9.17) is 16.3 Å². The zero-order valence-corrected chi connectivity index (χ0v) is 16.9. The van der Waals surface area contributed by atoms with Gasteiger partial charge in [0.15, 0.2) is 5.96 Å². The third-order valence-electron chi connectivity index (χ3n) is 6.07. The van der Waals surface area contributed by atoms with Crippen LogP contribution in [0.4, 0.5) is 0 Å². The summed E-state index contributed by atoms with van der Waals surface area (Å²) >= 11 is 6.18. The molecule has 3 rings (SSSR count). The Morgan fingerprint density at radius 2 is 1.85 bits per heavy atom. The molecular formula is C20H31ClN4O. The fraction of sp³-hybridized carbons (Fsp3) is 0.650. The van der Waals surface area contributed by atoms with Crippen LogP contribution in [-0.4, -0.2) is 63.8 Å². The van der Waals surface area contributed by atoms with Gasteiger partial charge >= 0.3 is 0 Å². The van der Waals surface area contributed by atoms with E-state index in [9.17, 15) is 0 Å². The molecule has 5 nitrogen and oxygen atoms in total. The Labute approximate surface area is 162 Å². The molecular weight excluding hydrogens is 348 g/mol. The first-order valence-electron chi connectivity index (χ1n) is 9.45. The predicted octanol–water partition coefficient (Wildman–Crippen LogP) is 2.65. The Kier molecular flexibility index (Phi) is 6.10. The van der Waals surface area contributed by atoms with Crippen molar-refractivity contribution in [2.24, 2.45) is 4.99 Å². The van der Waals surface area contributed by atoms with Gasteiger partial charge in [-0.3, -0.25) is 4.99 Å². The Morgan fingerprint density at radius 1 is 1.15 bits per heavy atom. The van der Waals surface area contributed by atoms with Crippen LogP contribution in [0.25, 0.3) is 0 Å². The minimum Gasteiger partial charge on any atom is -0.381 e. The molecule has 0 atom stereocenters. The van der Waals surface area contributed by atoms with Crippen molar-refractivity contribution < 1.29 is 4.74 Å². The molecule has 1 saturated carbocycles. The van der Waals surface area contributed by atoms with E-state index in [2.05, 4.69) is 46.8 Å². The van der Waals surface area contributed by atoms with Gasteiger partial charge in [0.2, 0.25) is 0 Å². The maximum atomic E-state index is 6.18. The van der Waals surface area contributed by atoms with Crippen LogP contribution in [0.2, 0.25) is 5.02 Å². The average molecular weight is 379 g/mol. The van der Waals surface area contributed by atoms with Gasteiger partial charge in [0.1, 0.15) is 0 Å². The lowest BCUT2D eigenvalue weighted by molar-refractivity contribution is -0.00501. The lowest BCUT2D eigenvalue weighted by atomic mass is 9.88. The van der Waals surface area contributed by atoms with Gasteiger partial charge in [-0.05, 0) is 57.5 Å². The molecule has 0 amide bonds. The molecule has 0 aromatic heterocycles. The highest BCUT2D eigenvalue weighted by Crippen LogP contribution is 2.48. The van der Waals surface area contributed by atoms with Crippen molar-refractivity contribution in [3.05, 3.63) is 34.9 Å². The van der Waals surface area contributed by atoms with E-state index in [1.807, 2.05) is 19.2 Å². The molecule has 2 fully saturated rings. The van der Waals surface area contributed by atoms with Crippen LogP contribution in [0.3, 0.4) is 0 Å². The van der Waals surface area contributed by atoms with Crippen molar-refractivity contribution in [1.82, 2.24) is 15.5 Å². The second-order valence-corrected chi connectivity index (χ2v) is 8.24. The first-order valence-corrected chi connectivity index (χ1v) is 9.83. The van der Waals surface area contributed by atoms with Crippen LogP contribution >= 0.6 is 11.6 Å². The van der Waals surface area contributed by atoms with E-state index in [0.29, 0.717) is 0 Å². The molecule has 0 unspecified atom stereocenters. The lowest BCUT2D eigenvalue weighted by Gasteiger charge is -2.43. The van der Waals surface area contributed by atoms with E-state index in [0.717, 1.165) is 50.1 Å². The summed E-state index contributed by atoms with van der Waals surface area (Å²) in [6.45, 7) is 3.39. The number of hydrogen-bond donors (Lipinski definition) is 2. The van der Waals surface area contributed by atoms with Gasteiger partial charge in [0.25, 0.3) is 0 Å². The third-order valence-corrected chi connectivity index (χ3v) is 6.30. The van der Waals surface area contributed by atoms with E-state index in [1.54, 1.807) is 0 Å². The summed E-state index contributed by atoms with van der Waals surface area (Å²) in [5, 5.41) is 7.88. The lowest BCUT2D eigenvalue weighted by Crippen LogP contribution is -2.57. The van der Waals surface area contributed by atoms with Crippen LogP contribution in [0.5, 0.6) is 0 Å². The summed E-state index contributed by atoms with van der Waals surface area (Å²) in [5.41, 5.74) is 1.64. The van der Waals surface area contributed by atoms with Crippen molar-refractivity contribution >= 4 is 17.6 Å². The summed E-state index contributed by atoms with van der Waals surface area (Å²) in [7, 11) is 6.14. The average Bonchev–Trinajstić information content (AvgIpc) is 3.44. The van der Waals surface area contributed by atoms with Gasteiger partial charge < -0.3 is 20.3 Å². The molecule has 1 aromatic rings. The highest BCUT2D eigenvalue weighted by molar-refractivity contribution is 6.30. The fourth-order valence-electron chi connectivity index (χ4n) is 3.79. The normalized spacial score (nSPS) is 21.5. The van der Waals surface area contributed by atoms with E-state index in [1.165, 1.54) is 18.4 Å². The first kappa shape index (κ1) is 19.5. The Morgan fingerprint density at radius 3 is 2.42 bits per heavy atom. The Hall–Kier alpha value is -1.30. The molecule has 0 bridgehead atoms. The number of nitrogens with zero attached hydrogens (tertiary/aromatic N) is 2. The van der Waals surface area contributed by atoms with Gasteiger partial charge in [-0.1, -0.05) is 23.7 Å². The zero-order chi connectivity index (χ0) is 18.6. The number of hydrogen-bond acceptors (Lipinski definition) is 3. The zero-order valence-electron chi connectivity index (χ0n) is 16.1. The number of guanidine groups is 1. The number of rotatable bonds is 6. The molecule has 1 saturated heterocycles. The van der Waals surface area contributed by atoms with Crippen LogP contribution < -0.4 is 10.6 Å². The smallest absolute Gasteiger partial charge is 0.191 e. The summed E-state index contributed by atoms with van der Waals surface area (Å²) in [6.07, 6.45) is 4.46. The third kappa shape index (κ3) is 4.33. The molecule has 2 N–H and O–H groups in total. The number of likely N-dealkylation sites (N-methyl/N-ethyl adjacent to an activating group) is 1. The number of aliphatic imine (C=N–C) groups is 1. The molecule has 1 heterocycles. The first-order chi connectivity index (χ1) is 12.5. The Balaban J connectivity index is 1.57. The molecule has 0 spiro atoms. The minimum atomic E-state index is 0.125. The maximum absolute atomic E-state index is 6.18. The topological polar surface area (TPSA) is 48.9 Å². The minimum absolute atomic E-state index is 0.125. The summed E-state index contributed by atoms with van der Waals surface area (Å²) in [5.74, 6) is 0.867. The van der Waals surface area contributed by atoms with Gasteiger partial charge in [-0.15, -0.1) is 0 Å². The van der Waals surface area contributed by atoms with Crippen molar-refractivity contribution in [3.8, 4) is 0 Å². The van der Waals surface area contributed by atoms with Gasteiger partial charge in [0, 0.05) is 49.3 Å². The van der Waals surface area contributed by atoms with E-state index >= 15 is 0 Å². The summed E-state index contributed by atoms with van der Waals surface area (Å²) in [4.78, 5) is 6.75. The fourth-order valence-corrected chi connectivity index (χ4v) is 3.98. The van der Waals surface area contributed by atoms with E-state index < -0.39 is 0 Å². The molecule has 144 valence electrons. The van der Waals surface area contributed by atoms with Gasteiger partial charge in [0.05, 0.1) is 0 Å². The summed E-state index contributed by atoms with van der Waals surface area (Å²) < 4.78 is 5.56. The van der Waals surface area contributed by atoms with Crippen molar-refractivity contribution in [2.45, 2.75) is 36.6 Å². The number of halogens is 1. The SMILES string of the molecule is CN=C(NCC1(c2cccc(Cl)c2)CC1)NCC1(N(C)C)CCOCC1. The van der Waals surface area contributed by atoms with Crippen molar-refractivity contribution in [1.29, 1.82) is 0 Å². The number of nitrogens with one attached hydrogen (secondary N) is 2. The van der Waals surface area contributed by atoms with Gasteiger partial charge in [-0.2, -0.15) is 0 Å². The maximum Gasteiger partial charge on any atom is 0.191 e. The Bertz CT molecular complexity index is 636. The van der Waals surface area contributed by atoms with E-state index in [-0.39, 0.29) is 11.0 Å². The molecule has 1 aliphatic heterocycles. The van der Waals surface area contributed by atoms with Crippen molar-refractivity contribution in [3.63, 3.8) is 0 Å². The predicted molar refractivity (Wildman–Crippen MR) is 108 cm³/mol. The van der Waals surface area contributed by atoms with Crippen LogP contribution in [0, 0.1) is 0 Å². The molecule has 6 heteroatoms. The van der Waals surface area contributed by atoms with Crippen LogP contribution in [-0.2, 0) is 10.2 Å². The highest BCUT2D eigenvalue weighted by atomic mass is 35.5. The monoisotopic (exact) mass is 378 g/mol. The second kappa shape index (κ2) is 8.15. The van der Waals surface area contributed by atoms with Crippen LogP contribution in [0.15, 0.2) is 29.3 Å². The molecule has 26 heavy (non-hydrogen) atoms. The number of benzene rings is 1. The van der Waals surface area contributed by atoms with Crippen LogP contribution in [0.1, 0.15) is 31.2 Å². The van der Waals surface area contributed by atoms with Crippen molar-refractivity contribution in [2.75, 3.05) is 47.4 Å². The summed E-state index contributed by atoms with van der Waals surface area (Å²) in [6, 6.07) is 8.25. The molecule has 0 radical (unpaired) electrons. The molecule has 1 aromatic carbocycles. The standard InChI is InChI=1S/C20H31ClN4O/c1-22-18(24-15-20(25(2)3)9-11-26-12-10-20)23-14-19(7-8-19)16-5-4-6-17(21)13-16/h4-6,13H,7-12,14-15H2,1-3H3,(H2,22,23,24). The molecule has 2 aliphatic rings. The quantitative estimate of drug-likeness (QED) is 0.590. The second-order valence-electron chi connectivity index (χ2n) is 7.80. The largest absolute Gasteiger partial charge is 0.381 e. The molecule has 1 aliphatic carbocycles. The number of ether oxygens (including phenoxy) is 1. The highest BCUT2D eigenvalue weighted by Gasteiger charge is 2.44.